The van der Waals surface area contributed by atoms with E-state index in [4.69, 9.17) is 4.52 Å². The van der Waals surface area contributed by atoms with Crippen molar-refractivity contribution in [3.05, 3.63) is 48.1 Å². The minimum absolute atomic E-state index is 0.104. The van der Waals surface area contributed by atoms with Crippen LogP contribution in [0.4, 0.5) is 0 Å². The predicted molar refractivity (Wildman–Crippen MR) is 98.5 cm³/mol. The molecule has 0 bridgehead atoms. The molecule has 1 atom stereocenters. The normalized spacial score (nSPS) is 18.2. The molecule has 1 aromatic carbocycles. The summed E-state index contributed by atoms with van der Waals surface area (Å²) in [6.45, 7) is 5.31. The second-order valence-electron chi connectivity index (χ2n) is 6.70. The summed E-state index contributed by atoms with van der Waals surface area (Å²) in [5, 5.41) is 8.12. The van der Waals surface area contributed by atoms with E-state index in [1.54, 1.807) is 10.9 Å². The van der Waals surface area contributed by atoms with Crippen molar-refractivity contribution in [1.29, 1.82) is 0 Å². The number of sulfonamides is 1. The third-order valence-electron chi connectivity index (χ3n) is 4.82. The Kier molecular flexibility index (Phi) is 4.56. The van der Waals surface area contributed by atoms with Crippen molar-refractivity contribution in [2.75, 3.05) is 13.1 Å². The van der Waals surface area contributed by atoms with Gasteiger partial charge >= 0.3 is 0 Å². The van der Waals surface area contributed by atoms with Crippen LogP contribution in [0.1, 0.15) is 30.7 Å². The zero-order valence-electron chi connectivity index (χ0n) is 15.2. The van der Waals surface area contributed by atoms with Crippen LogP contribution in [0.25, 0.3) is 11.4 Å². The summed E-state index contributed by atoms with van der Waals surface area (Å²) in [5.74, 6) is 0.899. The summed E-state index contributed by atoms with van der Waals surface area (Å²) in [7, 11) is -3.56. The van der Waals surface area contributed by atoms with E-state index in [9.17, 15) is 8.42 Å². The molecule has 1 unspecified atom stereocenters. The number of rotatable bonds is 5. The average molecular weight is 387 g/mol. The van der Waals surface area contributed by atoms with Gasteiger partial charge in [-0.3, -0.25) is 4.68 Å². The molecule has 8 nitrogen and oxygen atoms in total. The molecule has 9 heteroatoms. The molecule has 0 saturated carbocycles. The van der Waals surface area contributed by atoms with E-state index in [0.29, 0.717) is 37.8 Å². The van der Waals surface area contributed by atoms with Crippen LogP contribution in [0.2, 0.25) is 0 Å². The van der Waals surface area contributed by atoms with E-state index in [1.165, 1.54) is 10.5 Å². The van der Waals surface area contributed by atoms with Gasteiger partial charge in [0, 0.05) is 31.4 Å². The van der Waals surface area contributed by atoms with Gasteiger partial charge < -0.3 is 4.52 Å². The van der Waals surface area contributed by atoms with Gasteiger partial charge in [-0.25, -0.2) is 8.42 Å². The lowest BCUT2D eigenvalue weighted by Gasteiger charge is -2.14. The van der Waals surface area contributed by atoms with E-state index in [0.717, 1.165) is 11.1 Å². The number of hydrogen-bond donors (Lipinski definition) is 0. The Labute approximate surface area is 157 Å². The van der Waals surface area contributed by atoms with E-state index in [1.807, 2.05) is 38.1 Å². The first-order valence-corrected chi connectivity index (χ1v) is 10.3. The van der Waals surface area contributed by atoms with Gasteiger partial charge in [0.1, 0.15) is 4.90 Å². The molecular weight excluding hydrogens is 366 g/mol. The van der Waals surface area contributed by atoms with Crippen molar-refractivity contribution >= 4 is 10.0 Å². The smallest absolute Gasteiger partial charge is 0.246 e. The zero-order chi connectivity index (χ0) is 19.0. The van der Waals surface area contributed by atoms with Gasteiger partial charge in [0.2, 0.25) is 21.7 Å². The van der Waals surface area contributed by atoms with Crippen molar-refractivity contribution in [3.63, 3.8) is 0 Å². The minimum Gasteiger partial charge on any atom is -0.339 e. The summed E-state index contributed by atoms with van der Waals surface area (Å²) in [4.78, 5) is 4.70. The lowest BCUT2D eigenvalue weighted by molar-refractivity contribution is 0.354. The number of hydrogen-bond acceptors (Lipinski definition) is 6. The van der Waals surface area contributed by atoms with Crippen LogP contribution in [0.15, 0.2) is 46.1 Å². The van der Waals surface area contributed by atoms with Crippen molar-refractivity contribution in [2.24, 2.45) is 0 Å². The molecule has 0 N–H and O–H groups in total. The maximum atomic E-state index is 12.8. The Morgan fingerprint density at radius 3 is 2.74 bits per heavy atom. The Balaban J connectivity index is 1.50. The molecule has 0 amide bonds. The van der Waals surface area contributed by atoms with Gasteiger partial charge in [0.25, 0.3) is 0 Å². The van der Waals surface area contributed by atoms with E-state index in [-0.39, 0.29) is 10.8 Å². The average Bonchev–Trinajstić information content (AvgIpc) is 3.40. The summed E-state index contributed by atoms with van der Waals surface area (Å²) in [6, 6.07) is 7.87. The molecule has 1 fully saturated rings. The highest BCUT2D eigenvalue weighted by Crippen LogP contribution is 2.31. The zero-order valence-corrected chi connectivity index (χ0v) is 16.1. The Hall–Kier alpha value is -2.52. The first kappa shape index (κ1) is 17.9. The molecule has 1 aliphatic heterocycles. The second kappa shape index (κ2) is 6.90. The van der Waals surface area contributed by atoms with Gasteiger partial charge in [0.15, 0.2) is 0 Å². The number of nitrogens with zero attached hydrogens (tertiary/aromatic N) is 5. The van der Waals surface area contributed by atoms with Gasteiger partial charge in [-0.1, -0.05) is 35.0 Å². The quantitative estimate of drug-likeness (QED) is 0.667. The van der Waals surface area contributed by atoms with Crippen LogP contribution in [0.5, 0.6) is 0 Å². The van der Waals surface area contributed by atoms with Crippen molar-refractivity contribution in [1.82, 2.24) is 24.2 Å². The topological polar surface area (TPSA) is 94.1 Å². The van der Waals surface area contributed by atoms with E-state index >= 15 is 0 Å². The fraction of sp³-hybridized carbons (Fsp3) is 0.389. The van der Waals surface area contributed by atoms with E-state index in [2.05, 4.69) is 15.2 Å². The summed E-state index contributed by atoms with van der Waals surface area (Å²) in [6.07, 6.45) is 3.61. The first-order valence-electron chi connectivity index (χ1n) is 8.90. The predicted octanol–water partition coefficient (Wildman–Crippen LogP) is 2.44. The Morgan fingerprint density at radius 1 is 1.26 bits per heavy atom. The molecule has 0 aliphatic carbocycles. The SMILES string of the molecule is CCn1cc(S(=O)(=O)N2CCC(c3nc(-c4ccc(C)cc4)no3)C2)cn1. The Bertz CT molecular complexity index is 1040. The first-order chi connectivity index (χ1) is 13.0. The third kappa shape index (κ3) is 3.40. The van der Waals surface area contributed by atoms with Crippen LogP contribution < -0.4 is 0 Å². The molecule has 27 heavy (non-hydrogen) atoms. The molecule has 0 radical (unpaired) electrons. The van der Waals surface area contributed by atoms with Crippen LogP contribution >= 0.6 is 0 Å². The van der Waals surface area contributed by atoms with Crippen LogP contribution in [-0.2, 0) is 16.6 Å². The maximum absolute atomic E-state index is 12.8. The lowest BCUT2D eigenvalue weighted by atomic mass is 10.1. The van der Waals surface area contributed by atoms with Crippen molar-refractivity contribution in [3.8, 4) is 11.4 Å². The molecule has 0 spiro atoms. The molecule has 4 rings (SSSR count). The minimum atomic E-state index is -3.56. The van der Waals surface area contributed by atoms with Crippen LogP contribution in [-0.4, -0.2) is 45.7 Å². The molecule has 1 saturated heterocycles. The van der Waals surface area contributed by atoms with Gasteiger partial charge in [0.05, 0.1) is 12.1 Å². The van der Waals surface area contributed by atoms with Crippen LogP contribution in [0.3, 0.4) is 0 Å². The third-order valence-corrected chi connectivity index (χ3v) is 6.64. The second-order valence-corrected chi connectivity index (χ2v) is 8.64. The summed E-state index contributed by atoms with van der Waals surface area (Å²) < 4.78 is 34.1. The number of aromatic nitrogens is 4. The summed E-state index contributed by atoms with van der Waals surface area (Å²) in [5.41, 5.74) is 2.04. The lowest BCUT2D eigenvalue weighted by Crippen LogP contribution is -2.28. The van der Waals surface area contributed by atoms with Gasteiger partial charge in [-0.15, -0.1) is 0 Å². The van der Waals surface area contributed by atoms with Crippen LogP contribution in [0, 0.1) is 6.92 Å². The number of benzene rings is 1. The molecule has 2 aromatic heterocycles. The van der Waals surface area contributed by atoms with Crippen molar-refractivity contribution < 1.29 is 12.9 Å². The fourth-order valence-corrected chi connectivity index (χ4v) is 4.62. The monoisotopic (exact) mass is 387 g/mol. The fourth-order valence-electron chi connectivity index (χ4n) is 3.17. The Morgan fingerprint density at radius 2 is 2.04 bits per heavy atom. The molecule has 1 aliphatic rings. The standard InChI is InChI=1S/C18H21N5O3S/c1-3-22-12-16(10-19-22)27(24,25)23-9-8-15(11-23)18-20-17(21-26-18)14-6-4-13(2)5-7-14/h4-7,10,12,15H,3,8-9,11H2,1-2H3. The largest absolute Gasteiger partial charge is 0.339 e. The highest BCUT2D eigenvalue weighted by molar-refractivity contribution is 7.89. The highest BCUT2D eigenvalue weighted by atomic mass is 32.2. The molecule has 142 valence electrons. The number of aryl methyl sites for hydroxylation is 2. The van der Waals surface area contributed by atoms with Crippen molar-refractivity contribution in [2.45, 2.75) is 37.6 Å². The van der Waals surface area contributed by atoms with Gasteiger partial charge in [-0.2, -0.15) is 14.4 Å². The maximum Gasteiger partial charge on any atom is 0.246 e. The van der Waals surface area contributed by atoms with Gasteiger partial charge in [-0.05, 0) is 20.3 Å². The van der Waals surface area contributed by atoms with E-state index < -0.39 is 10.0 Å². The summed E-state index contributed by atoms with van der Waals surface area (Å²) >= 11 is 0. The molecule has 3 heterocycles. The highest BCUT2D eigenvalue weighted by Gasteiger charge is 2.36. The molecular formula is C18H21N5O3S. The molecule has 3 aromatic rings.